The molecule has 0 aliphatic heterocycles. The van der Waals surface area contributed by atoms with Crippen molar-refractivity contribution in [2.75, 3.05) is 6.61 Å². The third-order valence-electron chi connectivity index (χ3n) is 2.90. The number of hydrogen-bond acceptors (Lipinski definition) is 1. The Hall–Kier alpha value is -1.24. The summed E-state index contributed by atoms with van der Waals surface area (Å²) in [6.45, 7) is 2.83. The van der Waals surface area contributed by atoms with Gasteiger partial charge in [-0.25, -0.2) is 0 Å². The van der Waals surface area contributed by atoms with Gasteiger partial charge in [-0.1, -0.05) is 30.3 Å². The molecular weight excluding hydrogens is 184 g/mol. The van der Waals surface area contributed by atoms with E-state index in [-0.39, 0.29) is 0 Å². The molecule has 0 spiro atoms. The zero-order valence-electron chi connectivity index (χ0n) is 9.28. The number of rotatable bonds is 3. The van der Waals surface area contributed by atoms with E-state index in [0.29, 0.717) is 5.92 Å². The first-order valence-corrected chi connectivity index (χ1v) is 5.79. The van der Waals surface area contributed by atoms with E-state index in [1.54, 1.807) is 0 Å². The molecule has 80 valence electrons. The first-order valence-electron chi connectivity index (χ1n) is 5.79. The van der Waals surface area contributed by atoms with E-state index in [2.05, 4.69) is 43.3 Å². The van der Waals surface area contributed by atoms with Crippen LogP contribution in [0.2, 0.25) is 0 Å². The van der Waals surface area contributed by atoms with Crippen LogP contribution in [0.25, 0.3) is 0 Å². The minimum absolute atomic E-state index is 0.486. The van der Waals surface area contributed by atoms with E-state index in [9.17, 15) is 0 Å². The summed E-state index contributed by atoms with van der Waals surface area (Å²) in [6.07, 6.45) is 5.91. The fourth-order valence-corrected chi connectivity index (χ4v) is 2.19. The number of benzene rings is 1. The Bertz CT molecular complexity index is 326. The molecule has 0 N–H and O–H groups in total. The second-order valence-electron chi connectivity index (χ2n) is 3.93. The van der Waals surface area contributed by atoms with Gasteiger partial charge in [0.1, 0.15) is 0 Å². The van der Waals surface area contributed by atoms with Crippen LogP contribution in [0, 0.1) is 0 Å². The predicted molar refractivity (Wildman–Crippen MR) is 62.7 cm³/mol. The average molecular weight is 202 g/mol. The van der Waals surface area contributed by atoms with Gasteiger partial charge < -0.3 is 4.74 Å². The molecular formula is C14H18O. The molecule has 1 nitrogen and oxygen atoms in total. The van der Waals surface area contributed by atoms with Gasteiger partial charge in [-0.3, -0.25) is 0 Å². The fourth-order valence-electron chi connectivity index (χ4n) is 2.19. The topological polar surface area (TPSA) is 9.23 Å². The second kappa shape index (κ2) is 5.01. The lowest BCUT2D eigenvalue weighted by atomic mass is 9.87. The number of ether oxygens (including phenoxy) is 1. The zero-order valence-corrected chi connectivity index (χ0v) is 9.28. The van der Waals surface area contributed by atoms with Crippen molar-refractivity contribution in [2.45, 2.75) is 32.1 Å². The molecule has 0 aromatic heterocycles. The molecule has 0 radical (unpaired) electrons. The van der Waals surface area contributed by atoms with Crippen LogP contribution in [0.4, 0.5) is 0 Å². The fraction of sp³-hybridized carbons (Fsp3) is 0.429. The third-order valence-corrected chi connectivity index (χ3v) is 2.90. The molecule has 1 atom stereocenters. The van der Waals surface area contributed by atoms with Gasteiger partial charge in [-0.15, -0.1) is 0 Å². The molecule has 0 bridgehead atoms. The van der Waals surface area contributed by atoms with Crippen LogP contribution in [-0.4, -0.2) is 6.61 Å². The molecule has 1 heteroatoms. The van der Waals surface area contributed by atoms with E-state index in [1.165, 1.54) is 30.6 Å². The van der Waals surface area contributed by atoms with Crippen molar-refractivity contribution in [3.05, 3.63) is 47.7 Å². The average Bonchev–Trinajstić information content (AvgIpc) is 2.31. The lowest BCUT2D eigenvalue weighted by Crippen LogP contribution is -2.09. The van der Waals surface area contributed by atoms with Crippen LogP contribution < -0.4 is 0 Å². The van der Waals surface area contributed by atoms with Gasteiger partial charge in [0.05, 0.1) is 12.4 Å². The highest BCUT2D eigenvalue weighted by Gasteiger charge is 2.20. The quantitative estimate of drug-likeness (QED) is 0.723. The van der Waals surface area contributed by atoms with E-state index in [1.807, 2.05) is 0 Å². The van der Waals surface area contributed by atoms with Crippen molar-refractivity contribution in [3.8, 4) is 0 Å². The lowest BCUT2D eigenvalue weighted by molar-refractivity contribution is 0.198. The summed E-state index contributed by atoms with van der Waals surface area (Å²) in [6, 6.07) is 10.7. The summed E-state index contributed by atoms with van der Waals surface area (Å²) < 4.78 is 5.71. The maximum atomic E-state index is 5.71. The van der Waals surface area contributed by atoms with Crippen LogP contribution in [0.5, 0.6) is 0 Å². The molecule has 0 heterocycles. The lowest BCUT2D eigenvalue weighted by Gasteiger charge is -2.24. The summed E-state index contributed by atoms with van der Waals surface area (Å²) in [7, 11) is 0. The highest BCUT2D eigenvalue weighted by Crippen LogP contribution is 2.34. The first-order chi connectivity index (χ1) is 7.42. The van der Waals surface area contributed by atoms with Gasteiger partial charge in [0.2, 0.25) is 0 Å². The molecule has 0 fully saturated rings. The minimum Gasteiger partial charge on any atom is -0.498 e. The number of allylic oxidation sites excluding steroid dienone is 2. The highest BCUT2D eigenvalue weighted by molar-refractivity contribution is 5.27. The molecule has 1 aliphatic rings. The van der Waals surface area contributed by atoms with Crippen molar-refractivity contribution in [1.82, 2.24) is 0 Å². The van der Waals surface area contributed by atoms with E-state index >= 15 is 0 Å². The monoisotopic (exact) mass is 202 g/mol. The molecule has 0 unspecified atom stereocenters. The van der Waals surface area contributed by atoms with Crippen molar-refractivity contribution in [1.29, 1.82) is 0 Å². The van der Waals surface area contributed by atoms with Crippen molar-refractivity contribution < 1.29 is 4.74 Å². The predicted octanol–water partition coefficient (Wildman–Crippen LogP) is 3.87. The minimum atomic E-state index is 0.486. The summed E-state index contributed by atoms with van der Waals surface area (Å²) in [5.41, 5.74) is 1.39. The molecule has 0 amide bonds. The largest absolute Gasteiger partial charge is 0.498 e. The smallest absolute Gasteiger partial charge is 0.0994 e. The summed E-state index contributed by atoms with van der Waals surface area (Å²) in [4.78, 5) is 0. The van der Waals surface area contributed by atoms with Crippen molar-refractivity contribution >= 4 is 0 Å². The molecule has 1 aromatic carbocycles. The third kappa shape index (κ3) is 2.41. The Labute approximate surface area is 91.8 Å². The van der Waals surface area contributed by atoms with Gasteiger partial charge in [0.25, 0.3) is 0 Å². The zero-order chi connectivity index (χ0) is 10.5. The maximum Gasteiger partial charge on any atom is 0.0994 e. The van der Waals surface area contributed by atoms with Crippen LogP contribution >= 0.6 is 0 Å². The normalized spacial score (nSPS) is 20.9. The SMILES string of the molecule is CCOC1=CCCC[C@H]1c1ccccc1. The Morgan fingerprint density at radius 1 is 1.27 bits per heavy atom. The van der Waals surface area contributed by atoms with Crippen molar-refractivity contribution in [2.24, 2.45) is 0 Å². The van der Waals surface area contributed by atoms with Crippen LogP contribution in [0.3, 0.4) is 0 Å². The highest BCUT2D eigenvalue weighted by atomic mass is 16.5. The number of hydrogen-bond donors (Lipinski definition) is 0. The van der Waals surface area contributed by atoms with E-state index in [4.69, 9.17) is 4.74 Å². The Morgan fingerprint density at radius 2 is 2.07 bits per heavy atom. The summed E-state index contributed by atoms with van der Waals surface area (Å²) in [5, 5.41) is 0. The van der Waals surface area contributed by atoms with E-state index in [0.717, 1.165) is 6.61 Å². The molecule has 0 saturated heterocycles. The Kier molecular flexibility index (Phi) is 3.44. The maximum absolute atomic E-state index is 5.71. The summed E-state index contributed by atoms with van der Waals surface area (Å²) in [5.74, 6) is 1.66. The van der Waals surface area contributed by atoms with Gasteiger partial charge in [0.15, 0.2) is 0 Å². The molecule has 1 aliphatic carbocycles. The first kappa shape index (κ1) is 10.3. The molecule has 0 saturated carbocycles. The second-order valence-corrected chi connectivity index (χ2v) is 3.93. The molecule has 2 rings (SSSR count). The van der Waals surface area contributed by atoms with Gasteiger partial charge >= 0.3 is 0 Å². The van der Waals surface area contributed by atoms with Gasteiger partial charge in [-0.2, -0.15) is 0 Å². The van der Waals surface area contributed by atoms with Gasteiger partial charge in [-0.05, 0) is 37.8 Å². The molecule has 1 aromatic rings. The van der Waals surface area contributed by atoms with Crippen LogP contribution in [0.1, 0.15) is 37.7 Å². The van der Waals surface area contributed by atoms with E-state index < -0.39 is 0 Å². The standard InChI is InChI=1S/C14H18O/c1-2-15-14-11-7-6-10-13(14)12-8-4-3-5-9-12/h3-5,8-9,11,13H,2,6-7,10H2,1H3/t13-/m0/s1. The van der Waals surface area contributed by atoms with Crippen LogP contribution in [-0.2, 0) is 4.74 Å². The van der Waals surface area contributed by atoms with Crippen molar-refractivity contribution in [3.63, 3.8) is 0 Å². The van der Waals surface area contributed by atoms with Crippen LogP contribution in [0.15, 0.2) is 42.2 Å². The summed E-state index contributed by atoms with van der Waals surface area (Å²) >= 11 is 0. The Morgan fingerprint density at radius 3 is 2.80 bits per heavy atom. The Balaban J connectivity index is 2.20. The molecule has 15 heavy (non-hydrogen) atoms. The van der Waals surface area contributed by atoms with Gasteiger partial charge in [0, 0.05) is 5.92 Å².